The van der Waals surface area contributed by atoms with Gasteiger partial charge in [-0.25, -0.2) is 0 Å². The van der Waals surface area contributed by atoms with Gasteiger partial charge in [0.05, 0.1) is 17.3 Å². The van der Waals surface area contributed by atoms with E-state index in [2.05, 4.69) is 44.1 Å². The Balaban J connectivity index is 2.03. The molecule has 1 heterocycles. The van der Waals surface area contributed by atoms with Crippen molar-refractivity contribution in [3.8, 4) is 0 Å². The Morgan fingerprint density at radius 1 is 1.26 bits per heavy atom. The Hall–Kier alpha value is -1.35. The number of hydrogen-bond donors (Lipinski definition) is 1. The van der Waals surface area contributed by atoms with Gasteiger partial charge in [-0.05, 0) is 30.7 Å². The van der Waals surface area contributed by atoms with Crippen molar-refractivity contribution in [1.82, 2.24) is 9.78 Å². The molecule has 19 heavy (non-hydrogen) atoms. The van der Waals surface area contributed by atoms with E-state index >= 15 is 0 Å². The average molecular weight is 260 g/mol. The normalized spacial score (nSPS) is 13.9. The number of para-hydroxylation sites is 1. The topological polar surface area (TPSA) is 38.0 Å². The van der Waals surface area contributed by atoms with Crippen molar-refractivity contribution in [2.45, 2.75) is 46.1 Å². The maximum atomic E-state index is 10.1. The molecule has 1 atom stereocenters. The van der Waals surface area contributed by atoms with Crippen LogP contribution in [0, 0.1) is 5.41 Å². The molecule has 0 aliphatic carbocycles. The quantitative estimate of drug-likeness (QED) is 0.916. The third-order valence-electron chi connectivity index (χ3n) is 3.73. The average Bonchev–Trinajstić information content (AvgIpc) is 2.66. The summed E-state index contributed by atoms with van der Waals surface area (Å²) in [5.41, 5.74) is 2.28. The van der Waals surface area contributed by atoms with Crippen molar-refractivity contribution < 1.29 is 5.11 Å². The predicted octanol–water partition coefficient (Wildman–Crippen LogP) is 3.30. The number of nitrogens with zero attached hydrogens (tertiary/aromatic N) is 2. The van der Waals surface area contributed by atoms with Gasteiger partial charge in [-0.3, -0.25) is 4.68 Å². The molecule has 2 rings (SSSR count). The molecule has 2 aromatic rings. The monoisotopic (exact) mass is 260 g/mol. The third kappa shape index (κ3) is 3.16. The zero-order chi connectivity index (χ0) is 14.0. The fourth-order valence-corrected chi connectivity index (χ4v) is 2.37. The molecule has 0 aliphatic heterocycles. The first-order valence-corrected chi connectivity index (χ1v) is 6.98. The summed E-state index contributed by atoms with van der Waals surface area (Å²) in [5, 5.41) is 15.9. The first-order chi connectivity index (χ1) is 8.89. The van der Waals surface area contributed by atoms with Crippen LogP contribution < -0.4 is 0 Å². The highest BCUT2D eigenvalue weighted by molar-refractivity contribution is 5.81. The van der Waals surface area contributed by atoms with E-state index in [1.54, 1.807) is 0 Å². The third-order valence-corrected chi connectivity index (χ3v) is 3.73. The van der Waals surface area contributed by atoms with Crippen LogP contribution in [0.1, 0.15) is 39.3 Å². The fourth-order valence-electron chi connectivity index (χ4n) is 2.37. The molecule has 0 bridgehead atoms. The highest BCUT2D eigenvalue weighted by Gasteiger charge is 2.21. The van der Waals surface area contributed by atoms with Gasteiger partial charge in [0.2, 0.25) is 0 Å². The summed E-state index contributed by atoms with van der Waals surface area (Å²) < 4.78 is 1.94. The number of aliphatic hydroxyl groups excluding tert-OH is 1. The lowest BCUT2D eigenvalue weighted by Gasteiger charge is -2.25. The van der Waals surface area contributed by atoms with Crippen molar-refractivity contribution in [2.75, 3.05) is 0 Å². The van der Waals surface area contributed by atoms with Crippen molar-refractivity contribution >= 4 is 10.9 Å². The van der Waals surface area contributed by atoms with Crippen molar-refractivity contribution in [3.63, 3.8) is 0 Å². The van der Waals surface area contributed by atoms with Gasteiger partial charge in [-0.2, -0.15) is 5.10 Å². The molecule has 0 radical (unpaired) electrons. The van der Waals surface area contributed by atoms with Crippen molar-refractivity contribution in [1.29, 1.82) is 0 Å². The minimum atomic E-state index is -0.248. The standard InChI is InChI=1S/C16H24N2O/c1-16(2,3)15(19)11-7-9-13-12-8-5-6-10-14(12)18(4)17-13/h5-6,8,10,15,19H,7,9,11H2,1-4H3. The molecule has 1 aromatic carbocycles. The number of aromatic nitrogens is 2. The number of aryl methyl sites for hydroxylation is 2. The van der Waals surface area contributed by atoms with E-state index in [0.717, 1.165) is 25.0 Å². The first kappa shape index (κ1) is 14.1. The highest BCUT2D eigenvalue weighted by Crippen LogP contribution is 2.24. The molecule has 0 aliphatic rings. The van der Waals surface area contributed by atoms with Crippen LogP contribution in [-0.4, -0.2) is 21.0 Å². The molecular weight excluding hydrogens is 236 g/mol. The Labute approximate surface area is 115 Å². The smallest absolute Gasteiger partial charge is 0.0703 e. The van der Waals surface area contributed by atoms with E-state index in [1.807, 2.05) is 17.8 Å². The Morgan fingerprint density at radius 3 is 2.63 bits per heavy atom. The summed E-state index contributed by atoms with van der Waals surface area (Å²) in [6.07, 6.45) is 2.48. The molecule has 1 aromatic heterocycles. The number of hydrogen-bond acceptors (Lipinski definition) is 2. The fraction of sp³-hybridized carbons (Fsp3) is 0.562. The van der Waals surface area contributed by atoms with E-state index in [1.165, 1.54) is 10.9 Å². The van der Waals surface area contributed by atoms with Gasteiger partial charge in [0.1, 0.15) is 0 Å². The summed E-state index contributed by atoms with van der Waals surface area (Å²) in [7, 11) is 1.98. The van der Waals surface area contributed by atoms with E-state index in [-0.39, 0.29) is 11.5 Å². The SMILES string of the molecule is Cn1nc(CCCC(O)C(C)(C)C)c2ccccc21. The zero-order valence-corrected chi connectivity index (χ0v) is 12.3. The van der Waals surface area contributed by atoms with Crippen LogP contribution in [0.15, 0.2) is 24.3 Å². The summed E-state index contributed by atoms with van der Waals surface area (Å²) >= 11 is 0. The maximum absolute atomic E-state index is 10.1. The maximum Gasteiger partial charge on any atom is 0.0703 e. The molecule has 3 nitrogen and oxygen atoms in total. The molecule has 0 spiro atoms. The molecule has 0 amide bonds. The summed E-state index contributed by atoms with van der Waals surface area (Å²) in [4.78, 5) is 0. The second kappa shape index (κ2) is 5.33. The van der Waals surface area contributed by atoms with Crippen LogP contribution in [0.4, 0.5) is 0 Å². The lowest BCUT2D eigenvalue weighted by atomic mass is 9.86. The minimum absolute atomic E-state index is 0.0355. The summed E-state index contributed by atoms with van der Waals surface area (Å²) in [5.74, 6) is 0. The van der Waals surface area contributed by atoms with E-state index in [0.29, 0.717) is 0 Å². The number of rotatable bonds is 4. The van der Waals surface area contributed by atoms with E-state index in [4.69, 9.17) is 0 Å². The molecule has 1 unspecified atom stereocenters. The summed E-state index contributed by atoms with van der Waals surface area (Å²) in [6, 6.07) is 8.31. The number of benzene rings is 1. The molecule has 3 heteroatoms. The lowest BCUT2D eigenvalue weighted by Crippen LogP contribution is -2.25. The zero-order valence-electron chi connectivity index (χ0n) is 12.3. The van der Waals surface area contributed by atoms with Gasteiger partial charge >= 0.3 is 0 Å². The second-order valence-corrected chi connectivity index (χ2v) is 6.36. The van der Waals surface area contributed by atoms with Crippen LogP contribution in [-0.2, 0) is 13.5 Å². The van der Waals surface area contributed by atoms with Gasteiger partial charge in [0.25, 0.3) is 0 Å². The molecule has 104 valence electrons. The summed E-state index contributed by atoms with van der Waals surface area (Å²) in [6.45, 7) is 6.23. The van der Waals surface area contributed by atoms with Crippen LogP contribution in [0.25, 0.3) is 10.9 Å². The van der Waals surface area contributed by atoms with Gasteiger partial charge in [-0.15, -0.1) is 0 Å². The van der Waals surface area contributed by atoms with Crippen LogP contribution >= 0.6 is 0 Å². The van der Waals surface area contributed by atoms with Crippen LogP contribution in [0.2, 0.25) is 0 Å². The van der Waals surface area contributed by atoms with Crippen LogP contribution in [0.5, 0.6) is 0 Å². The first-order valence-electron chi connectivity index (χ1n) is 6.98. The van der Waals surface area contributed by atoms with Gasteiger partial charge in [-0.1, -0.05) is 39.0 Å². The minimum Gasteiger partial charge on any atom is -0.393 e. The molecule has 0 saturated carbocycles. The van der Waals surface area contributed by atoms with E-state index in [9.17, 15) is 5.11 Å². The molecular formula is C16H24N2O. The molecule has 0 fully saturated rings. The van der Waals surface area contributed by atoms with Crippen molar-refractivity contribution in [3.05, 3.63) is 30.0 Å². The Morgan fingerprint density at radius 2 is 1.95 bits per heavy atom. The molecule has 0 saturated heterocycles. The highest BCUT2D eigenvalue weighted by atomic mass is 16.3. The second-order valence-electron chi connectivity index (χ2n) is 6.36. The largest absolute Gasteiger partial charge is 0.393 e. The number of aliphatic hydroxyl groups is 1. The van der Waals surface area contributed by atoms with Gasteiger partial charge in [0.15, 0.2) is 0 Å². The Bertz CT molecular complexity index is 551. The van der Waals surface area contributed by atoms with E-state index < -0.39 is 0 Å². The van der Waals surface area contributed by atoms with Gasteiger partial charge < -0.3 is 5.11 Å². The lowest BCUT2D eigenvalue weighted by molar-refractivity contribution is 0.0540. The van der Waals surface area contributed by atoms with Crippen molar-refractivity contribution in [2.24, 2.45) is 12.5 Å². The molecule has 1 N–H and O–H groups in total. The predicted molar refractivity (Wildman–Crippen MR) is 79.1 cm³/mol. The van der Waals surface area contributed by atoms with Gasteiger partial charge in [0, 0.05) is 12.4 Å². The number of fused-ring (bicyclic) bond motifs is 1. The Kier molecular flexibility index (Phi) is 3.95. The van der Waals surface area contributed by atoms with Crippen LogP contribution in [0.3, 0.4) is 0 Å².